The zero-order valence-corrected chi connectivity index (χ0v) is 20.0. The van der Waals surface area contributed by atoms with Crippen molar-refractivity contribution in [2.75, 3.05) is 0 Å². The molecule has 35 heavy (non-hydrogen) atoms. The fraction of sp³-hybridized carbons (Fsp3) is 0.400. The third kappa shape index (κ3) is 5.38. The Morgan fingerprint density at radius 2 is 0.686 bits per heavy atom. The van der Waals surface area contributed by atoms with Crippen LogP contribution in [0.3, 0.4) is 0 Å². The number of hydrogen-bond acceptors (Lipinski definition) is 2. The van der Waals surface area contributed by atoms with E-state index in [1.807, 2.05) is 0 Å². The Bertz CT molecular complexity index is 872. The van der Waals surface area contributed by atoms with Gasteiger partial charge in [-0.2, -0.15) is 0 Å². The van der Waals surface area contributed by atoms with E-state index in [0.717, 1.165) is 48.5 Å². The van der Waals surface area contributed by atoms with Gasteiger partial charge in [-0.15, -0.1) is 0 Å². The van der Waals surface area contributed by atoms with Crippen LogP contribution in [0.25, 0.3) is 0 Å². The summed E-state index contributed by atoms with van der Waals surface area (Å²) in [6.45, 7) is 0. The molecule has 196 valence electrons. The van der Waals surface area contributed by atoms with Crippen LogP contribution in [0.1, 0.15) is 0 Å². The van der Waals surface area contributed by atoms with E-state index in [-0.39, 0.29) is 0 Å². The van der Waals surface area contributed by atoms with Gasteiger partial charge in [0.2, 0.25) is 0 Å². The van der Waals surface area contributed by atoms with E-state index < -0.39 is 70.3 Å². The molecule has 0 fully saturated rings. The average molecular weight is 635 g/mol. The van der Waals surface area contributed by atoms with Gasteiger partial charge in [-0.05, 0) is 0 Å². The van der Waals surface area contributed by atoms with E-state index in [2.05, 4.69) is 0 Å². The molecule has 0 aliphatic rings. The molecule has 15 heteroatoms. The maximum atomic E-state index is 13.6. The molecule has 0 heterocycles. The second kappa shape index (κ2) is 9.32. The molecule has 0 unspecified atom stereocenters. The summed E-state index contributed by atoms with van der Waals surface area (Å²) in [7, 11) is 0. The summed E-state index contributed by atoms with van der Waals surface area (Å²) in [5, 5.41) is 19.8. The normalized spacial score (nSPS) is 14.8. The molecule has 0 atom stereocenters. The van der Waals surface area contributed by atoms with Crippen molar-refractivity contribution in [3.05, 3.63) is 60.7 Å². The van der Waals surface area contributed by atoms with Crippen molar-refractivity contribution >= 4 is 25.5 Å². The molecule has 0 aliphatic heterocycles. The minimum absolute atomic E-state index is 0.660. The van der Waals surface area contributed by atoms with Gasteiger partial charge in [0.05, 0.1) is 0 Å². The number of benzene rings is 2. The van der Waals surface area contributed by atoms with Crippen molar-refractivity contribution < 1.29 is 62.9 Å². The summed E-state index contributed by atoms with van der Waals surface area (Å²) in [5.41, 5.74) is -11.3. The van der Waals surface area contributed by atoms with Crippen LogP contribution in [-0.2, 0) is 0 Å². The fourth-order valence-corrected chi connectivity index (χ4v) is 19.4. The number of hydrogen-bond donors (Lipinski definition) is 2. The van der Waals surface area contributed by atoms with Gasteiger partial charge in [0.1, 0.15) is 0 Å². The Balaban J connectivity index is 3.04. The Kier molecular flexibility index (Phi) is 7.87. The van der Waals surface area contributed by atoms with Crippen LogP contribution in [0, 0.1) is 0 Å². The summed E-state index contributed by atoms with van der Waals surface area (Å²) in [6.07, 6.45) is -26.1. The van der Waals surface area contributed by atoms with E-state index >= 15 is 0 Å². The van der Waals surface area contributed by atoms with Crippen LogP contribution in [0.2, 0.25) is 8.87 Å². The van der Waals surface area contributed by atoms with E-state index in [0.29, 0.717) is 0 Å². The van der Waals surface area contributed by atoms with Crippen molar-refractivity contribution in [3.63, 3.8) is 0 Å². The van der Waals surface area contributed by atoms with Gasteiger partial charge in [0.25, 0.3) is 0 Å². The molecule has 0 amide bonds. The SMILES string of the molecule is OC([CH2][Sn]([CH2]C(O)(C(F)(F)F)C(F)(F)F)([c]1ccccc1)[c]1ccccc1)(C(F)(F)F)C(F)(F)F. The van der Waals surface area contributed by atoms with Gasteiger partial charge in [-0.25, -0.2) is 0 Å². The first-order chi connectivity index (χ1) is 15.6. The second-order valence-corrected chi connectivity index (χ2v) is 19.4. The minimum atomic E-state index is -6.73. The maximum absolute atomic E-state index is 13.6. The Morgan fingerprint density at radius 3 is 0.886 bits per heavy atom. The van der Waals surface area contributed by atoms with E-state index in [1.165, 1.54) is 12.1 Å². The Labute approximate surface area is 194 Å². The molecular formula is C20H16F12O2Sn. The quantitative estimate of drug-likeness (QED) is 0.349. The molecule has 0 saturated carbocycles. The van der Waals surface area contributed by atoms with Crippen LogP contribution in [0.4, 0.5) is 52.7 Å². The fourth-order valence-electron chi connectivity index (χ4n) is 3.75. The molecule has 0 radical (unpaired) electrons. The molecule has 2 aromatic rings. The monoisotopic (exact) mass is 636 g/mol. The number of rotatable bonds is 6. The molecule has 0 saturated heterocycles. The molecule has 2 nitrogen and oxygen atoms in total. The van der Waals surface area contributed by atoms with Crippen LogP contribution < -0.4 is 7.16 Å². The van der Waals surface area contributed by atoms with E-state index in [9.17, 15) is 62.9 Å². The molecule has 0 aliphatic carbocycles. The molecule has 2 aromatic carbocycles. The number of alkyl halides is 12. The van der Waals surface area contributed by atoms with Gasteiger partial charge in [-0.3, -0.25) is 0 Å². The first kappa shape index (κ1) is 29.5. The van der Waals surface area contributed by atoms with Crippen LogP contribution in [0.15, 0.2) is 60.7 Å². The van der Waals surface area contributed by atoms with Crippen LogP contribution in [0.5, 0.6) is 0 Å². The Morgan fingerprint density at radius 1 is 0.457 bits per heavy atom. The molecular weight excluding hydrogens is 619 g/mol. The molecule has 0 spiro atoms. The standard InChI is InChI=1S/2C6H5.2C4H3F6O.Sn/c2*1-2-4-6-5-3-1;2*1-2(11,3(5,6)7)4(8,9)10;/h2*1-5H;2*11H,1H2;. The van der Waals surface area contributed by atoms with Gasteiger partial charge in [0, 0.05) is 0 Å². The summed E-state index contributed by atoms with van der Waals surface area (Å²) in [5.74, 6) is 0. The van der Waals surface area contributed by atoms with Crippen LogP contribution in [-0.4, -0.2) is 64.5 Å². The predicted octanol–water partition coefficient (Wildman–Crippen LogP) is 4.96. The molecule has 0 aromatic heterocycles. The van der Waals surface area contributed by atoms with Crippen molar-refractivity contribution in [1.82, 2.24) is 0 Å². The number of halogens is 12. The van der Waals surface area contributed by atoms with Crippen molar-refractivity contribution in [2.45, 2.75) is 44.8 Å². The summed E-state index contributed by atoms with van der Waals surface area (Å²) < 4.78 is 157. The molecule has 0 bridgehead atoms. The Hall–Kier alpha value is -1.68. The third-order valence-corrected chi connectivity index (χ3v) is 20.2. The zero-order chi connectivity index (χ0) is 27.1. The molecule has 2 rings (SSSR count). The van der Waals surface area contributed by atoms with Gasteiger partial charge in [-0.1, -0.05) is 0 Å². The van der Waals surface area contributed by atoms with E-state index in [1.54, 1.807) is 0 Å². The zero-order valence-electron chi connectivity index (χ0n) is 17.1. The van der Waals surface area contributed by atoms with Gasteiger partial charge >= 0.3 is 194 Å². The average Bonchev–Trinajstić information content (AvgIpc) is 2.71. The summed E-state index contributed by atoms with van der Waals surface area (Å²) in [4.78, 5) is 0. The van der Waals surface area contributed by atoms with Gasteiger partial charge in [0.15, 0.2) is 0 Å². The third-order valence-electron chi connectivity index (χ3n) is 5.64. The first-order valence-electron chi connectivity index (χ1n) is 9.45. The topological polar surface area (TPSA) is 40.5 Å². The first-order valence-corrected chi connectivity index (χ1v) is 16.3. The van der Waals surface area contributed by atoms with Crippen LogP contribution >= 0.6 is 0 Å². The van der Waals surface area contributed by atoms with Gasteiger partial charge < -0.3 is 0 Å². The number of aliphatic hydroxyl groups is 2. The summed E-state index contributed by atoms with van der Waals surface area (Å²) in [6, 6.07) is 9.57. The van der Waals surface area contributed by atoms with Crippen molar-refractivity contribution in [2.24, 2.45) is 0 Å². The second-order valence-electron chi connectivity index (χ2n) is 7.88. The van der Waals surface area contributed by atoms with Crippen molar-refractivity contribution in [3.8, 4) is 0 Å². The summed E-state index contributed by atoms with van der Waals surface area (Å²) >= 11 is -6.73. The van der Waals surface area contributed by atoms with E-state index in [4.69, 9.17) is 0 Å². The molecule has 2 N–H and O–H groups in total. The predicted molar refractivity (Wildman–Crippen MR) is 102 cm³/mol. The van der Waals surface area contributed by atoms with Crippen molar-refractivity contribution in [1.29, 1.82) is 0 Å².